The molecule has 134 valence electrons. The molecule has 3 rings (SSSR count). The van der Waals surface area contributed by atoms with E-state index in [2.05, 4.69) is 34.6 Å². The number of nitrogens with one attached hydrogen (secondary N) is 1. The standard InChI is InChI=1S/C22H24N2O2/c1-16-21(26-17(2)24-16)13-14-23-22(25)15-20(18-9-5-3-6-10-18)19-11-7-4-8-12-19/h3-12,20H,13-15H2,1-2H3,(H,23,25). The molecule has 3 aromatic rings. The van der Waals surface area contributed by atoms with Gasteiger partial charge in [0.15, 0.2) is 5.89 Å². The van der Waals surface area contributed by atoms with Crippen LogP contribution < -0.4 is 5.32 Å². The molecule has 0 aliphatic heterocycles. The minimum Gasteiger partial charge on any atom is -0.446 e. The predicted octanol–water partition coefficient (Wildman–Crippen LogP) is 4.17. The fourth-order valence-corrected chi connectivity index (χ4v) is 3.18. The Balaban J connectivity index is 1.63. The SMILES string of the molecule is Cc1nc(C)c(CCNC(=O)CC(c2ccccc2)c2ccccc2)o1. The number of aryl methyl sites for hydroxylation is 2. The lowest BCUT2D eigenvalue weighted by Crippen LogP contribution is -2.27. The molecule has 1 aromatic heterocycles. The summed E-state index contributed by atoms with van der Waals surface area (Å²) in [5.41, 5.74) is 3.19. The van der Waals surface area contributed by atoms with Gasteiger partial charge in [-0.25, -0.2) is 4.98 Å². The van der Waals surface area contributed by atoms with Gasteiger partial charge in [-0.2, -0.15) is 0 Å². The minimum atomic E-state index is 0.0385. The van der Waals surface area contributed by atoms with Gasteiger partial charge in [0.1, 0.15) is 5.76 Å². The molecule has 0 unspecified atom stereocenters. The molecule has 0 aliphatic rings. The average Bonchev–Trinajstić information content (AvgIpc) is 2.98. The monoisotopic (exact) mass is 348 g/mol. The van der Waals surface area contributed by atoms with Gasteiger partial charge in [-0.3, -0.25) is 4.79 Å². The van der Waals surface area contributed by atoms with E-state index in [-0.39, 0.29) is 11.8 Å². The van der Waals surface area contributed by atoms with Gasteiger partial charge < -0.3 is 9.73 Å². The molecule has 0 saturated carbocycles. The van der Waals surface area contributed by atoms with Crippen LogP contribution in [0.5, 0.6) is 0 Å². The van der Waals surface area contributed by atoms with Crippen LogP contribution in [-0.2, 0) is 11.2 Å². The summed E-state index contributed by atoms with van der Waals surface area (Å²) in [6.07, 6.45) is 1.07. The molecule has 0 radical (unpaired) electrons. The summed E-state index contributed by atoms with van der Waals surface area (Å²) in [5.74, 6) is 1.59. The molecule has 0 atom stereocenters. The Morgan fingerprint density at radius 2 is 1.58 bits per heavy atom. The van der Waals surface area contributed by atoms with E-state index in [1.807, 2.05) is 50.2 Å². The van der Waals surface area contributed by atoms with Crippen molar-refractivity contribution in [3.8, 4) is 0 Å². The lowest BCUT2D eigenvalue weighted by molar-refractivity contribution is -0.121. The number of aromatic nitrogens is 1. The van der Waals surface area contributed by atoms with E-state index < -0.39 is 0 Å². The van der Waals surface area contributed by atoms with Gasteiger partial charge in [0.05, 0.1) is 5.69 Å². The highest BCUT2D eigenvalue weighted by Crippen LogP contribution is 2.27. The van der Waals surface area contributed by atoms with Crippen LogP contribution in [0.25, 0.3) is 0 Å². The maximum absolute atomic E-state index is 12.5. The fraction of sp³-hybridized carbons (Fsp3) is 0.273. The maximum atomic E-state index is 12.5. The van der Waals surface area contributed by atoms with E-state index in [0.717, 1.165) is 22.6 Å². The van der Waals surface area contributed by atoms with Crippen molar-refractivity contribution >= 4 is 5.91 Å². The number of carbonyl (C=O) groups is 1. The molecule has 2 aromatic carbocycles. The molecule has 1 heterocycles. The molecule has 0 saturated heterocycles. The Morgan fingerprint density at radius 3 is 2.08 bits per heavy atom. The Labute approximate surface area is 154 Å². The lowest BCUT2D eigenvalue weighted by Gasteiger charge is -2.18. The van der Waals surface area contributed by atoms with Crippen molar-refractivity contribution in [3.05, 3.63) is 89.1 Å². The minimum absolute atomic E-state index is 0.0385. The molecule has 4 nitrogen and oxygen atoms in total. The van der Waals surface area contributed by atoms with Crippen molar-refractivity contribution in [1.29, 1.82) is 0 Å². The Kier molecular flexibility index (Phi) is 5.84. The molecule has 1 amide bonds. The van der Waals surface area contributed by atoms with Crippen molar-refractivity contribution in [1.82, 2.24) is 10.3 Å². The average molecular weight is 348 g/mol. The Hall–Kier alpha value is -2.88. The molecule has 0 spiro atoms. The summed E-state index contributed by atoms with van der Waals surface area (Å²) < 4.78 is 5.55. The van der Waals surface area contributed by atoms with Gasteiger partial charge >= 0.3 is 0 Å². The smallest absolute Gasteiger partial charge is 0.220 e. The van der Waals surface area contributed by atoms with Gasteiger partial charge in [0.2, 0.25) is 5.91 Å². The lowest BCUT2D eigenvalue weighted by atomic mass is 9.88. The van der Waals surface area contributed by atoms with Crippen LogP contribution in [0.15, 0.2) is 65.1 Å². The first-order chi connectivity index (χ1) is 12.6. The second-order valence-corrected chi connectivity index (χ2v) is 6.42. The fourth-order valence-electron chi connectivity index (χ4n) is 3.18. The van der Waals surface area contributed by atoms with Gasteiger partial charge in [0, 0.05) is 32.2 Å². The van der Waals surface area contributed by atoms with E-state index in [1.54, 1.807) is 0 Å². The molecular weight excluding hydrogens is 324 g/mol. The van der Waals surface area contributed by atoms with Gasteiger partial charge in [-0.05, 0) is 18.1 Å². The van der Waals surface area contributed by atoms with Crippen molar-refractivity contribution < 1.29 is 9.21 Å². The predicted molar refractivity (Wildman–Crippen MR) is 102 cm³/mol. The second kappa shape index (κ2) is 8.48. The summed E-state index contributed by atoms with van der Waals surface area (Å²) in [4.78, 5) is 16.8. The number of oxazole rings is 1. The zero-order valence-electron chi connectivity index (χ0n) is 15.2. The molecule has 0 aliphatic carbocycles. The van der Waals surface area contributed by atoms with Crippen LogP contribution in [0.2, 0.25) is 0 Å². The van der Waals surface area contributed by atoms with Gasteiger partial charge in [-0.15, -0.1) is 0 Å². The summed E-state index contributed by atoms with van der Waals surface area (Å²) in [6, 6.07) is 20.3. The van der Waals surface area contributed by atoms with Crippen molar-refractivity contribution in [2.45, 2.75) is 32.6 Å². The number of carbonyl (C=O) groups excluding carboxylic acids is 1. The van der Waals surface area contributed by atoms with Crippen molar-refractivity contribution in [2.24, 2.45) is 0 Å². The number of nitrogens with zero attached hydrogens (tertiary/aromatic N) is 1. The maximum Gasteiger partial charge on any atom is 0.220 e. The summed E-state index contributed by atoms with van der Waals surface area (Å²) >= 11 is 0. The van der Waals surface area contributed by atoms with Crippen LogP contribution in [-0.4, -0.2) is 17.4 Å². The van der Waals surface area contributed by atoms with Crippen molar-refractivity contribution in [3.63, 3.8) is 0 Å². The molecule has 0 fully saturated rings. The molecule has 1 N–H and O–H groups in total. The van der Waals surface area contributed by atoms with Crippen LogP contribution in [0.3, 0.4) is 0 Å². The quantitative estimate of drug-likeness (QED) is 0.697. The Bertz CT molecular complexity index is 802. The number of hydrogen-bond donors (Lipinski definition) is 1. The highest BCUT2D eigenvalue weighted by molar-refractivity contribution is 5.77. The zero-order valence-corrected chi connectivity index (χ0v) is 15.2. The van der Waals surface area contributed by atoms with Crippen LogP contribution in [0, 0.1) is 13.8 Å². The number of benzene rings is 2. The second-order valence-electron chi connectivity index (χ2n) is 6.42. The van der Waals surface area contributed by atoms with Crippen LogP contribution in [0.4, 0.5) is 0 Å². The largest absolute Gasteiger partial charge is 0.446 e. The Morgan fingerprint density at radius 1 is 1.00 bits per heavy atom. The number of amides is 1. The van der Waals surface area contributed by atoms with E-state index >= 15 is 0 Å². The van der Waals surface area contributed by atoms with Crippen molar-refractivity contribution in [2.75, 3.05) is 6.54 Å². The van der Waals surface area contributed by atoms with Gasteiger partial charge in [-0.1, -0.05) is 60.7 Å². The van der Waals surface area contributed by atoms with Gasteiger partial charge in [0.25, 0.3) is 0 Å². The molecule has 4 heteroatoms. The summed E-state index contributed by atoms with van der Waals surface area (Å²) in [6.45, 7) is 4.30. The van der Waals surface area contributed by atoms with E-state index in [4.69, 9.17) is 4.42 Å². The van der Waals surface area contributed by atoms with E-state index in [1.165, 1.54) is 0 Å². The van der Waals surface area contributed by atoms with Crippen LogP contribution in [0.1, 0.15) is 40.8 Å². The first kappa shape index (κ1) is 17.9. The number of rotatable bonds is 7. The third kappa shape index (κ3) is 4.60. The first-order valence-corrected chi connectivity index (χ1v) is 8.93. The summed E-state index contributed by atoms with van der Waals surface area (Å²) in [7, 11) is 0. The highest BCUT2D eigenvalue weighted by atomic mass is 16.4. The van der Waals surface area contributed by atoms with E-state index in [9.17, 15) is 4.79 Å². The topological polar surface area (TPSA) is 55.1 Å². The normalized spacial score (nSPS) is 10.9. The first-order valence-electron chi connectivity index (χ1n) is 8.93. The molecular formula is C22H24N2O2. The molecule has 0 bridgehead atoms. The molecule has 26 heavy (non-hydrogen) atoms. The number of hydrogen-bond acceptors (Lipinski definition) is 3. The van der Waals surface area contributed by atoms with Crippen LogP contribution >= 0.6 is 0 Å². The summed E-state index contributed by atoms with van der Waals surface area (Å²) in [5, 5.41) is 3.01. The highest BCUT2D eigenvalue weighted by Gasteiger charge is 2.18. The third-order valence-corrected chi connectivity index (χ3v) is 4.47. The third-order valence-electron chi connectivity index (χ3n) is 4.47. The van der Waals surface area contributed by atoms with E-state index in [0.29, 0.717) is 25.3 Å². The zero-order chi connectivity index (χ0) is 18.4.